The van der Waals surface area contributed by atoms with Crippen LogP contribution in [0.3, 0.4) is 0 Å². The van der Waals surface area contributed by atoms with Crippen molar-refractivity contribution in [2.75, 3.05) is 26.4 Å². The molecule has 0 spiro atoms. The highest BCUT2D eigenvalue weighted by Crippen LogP contribution is 2.49. The number of amides is 1. The fourth-order valence-corrected chi connectivity index (χ4v) is 7.68. The Hall–Kier alpha value is -4.68. The van der Waals surface area contributed by atoms with Crippen molar-refractivity contribution in [1.29, 1.82) is 0 Å². The highest BCUT2D eigenvalue weighted by Gasteiger charge is 2.49. The Bertz CT molecular complexity index is 1930. The van der Waals surface area contributed by atoms with E-state index in [1.807, 2.05) is 152 Å². The Balaban J connectivity index is 1.21. The van der Waals surface area contributed by atoms with Crippen LogP contribution in [0.4, 0.5) is 4.79 Å². The van der Waals surface area contributed by atoms with Crippen molar-refractivity contribution in [1.82, 2.24) is 5.32 Å². The smallest absolute Gasteiger partial charge is 0.407 e. The van der Waals surface area contributed by atoms with Gasteiger partial charge in [-0.3, -0.25) is 4.57 Å². The molecule has 5 aromatic rings. The van der Waals surface area contributed by atoms with Crippen molar-refractivity contribution < 1.29 is 46.8 Å². The van der Waals surface area contributed by atoms with Crippen LogP contribution in [0.25, 0.3) is 0 Å². The second-order valence-corrected chi connectivity index (χ2v) is 15.6. The fourth-order valence-electron chi connectivity index (χ4n) is 6.24. The minimum Gasteiger partial charge on any atom is -0.445 e. The molecular weight excluding hydrogens is 745 g/mol. The van der Waals surface area contributed by atoms with Gasteiger partial charge in [0.2, 0.25) is 0 Å². The average molecular weight is 796 g/mol. The second kappa shape index (κ2) is 22.3. The summed E-state index contributed by atoms with van der Waals surface area (Å²) in [6, 6.07) is 48.1. The van der Waals surface area contributed by atoms with Gasteiger partial charge in [-0.2, -0.15) is 0 Å². The van der Waals surface area contributed by atoms with Crippen molar-refractivity contribution in [2.45, 2.75) is 63.7 Å². The van der Waals surface area contributed by atoms with Crippen LogP contribution in [0, 0.1) is 0 Å². The van der Waals surface area contributed by atoms with E-state index in [2.05, 4.69) is 5.32 Å². The first-order valence-corrected chi connectivity index (χ1v) is 20.7. The summed E-state index contributed by atoms with van der Waals surface area (Å²) in [5.74, 6) is 0. The summed E-state index contributed by atoms with van der Waals surface area (Å²) in [6.45, 7) is 0.648. The lowest BCUT2D eigenvalue weighted by Gasteiger charge is -2.45. The first-order valence-electron chi connectivity index (χ1n) is 19.0. The van der Waals surface area contributed by atoms with E-state index in [-0.39, 0.29) is 52.3 Å². The van der Waals surface area contributed by atoms with Gasteiger partial charge in [0.25, 0.3) is 0 Å². The SMILES string of the molecule is CO[C@@H]1O[C@H](COP(=O)(CCNC(=O)OCc2ccccc2)OCc2ccccc2)[C@@H](OCc2ccccc2)[C@H](OCc2ccccc2)[C@H]1OCc1ccccc1. The molecule has 12 heteroatoms. The summed E-state index contributed by atoms with van der Waals surface area (Å²) in [5, 5.41) is 2.67. The van der Waals surface area contributed by atoms with Crippen molar-refractivity contribution in [2.24, 2.45) is 0 Å². The summed E-state index contributed by atoms with van der Waals surface area (Å²) in [4.78, 5) is 12.6. The Morgan fingerprint density at radius 1 is 0.561 bits per heavy atom. The Labute approximate surface area is 334 Å². The minimum atomic E-state index is -3.89. The van der Waals surface area contributed by atoms with Crippen molar-refractivity contribution in [3.63, 3.8) is 0 Å². The zero-order valence-corrected chi connectivity index (χ0v) is 32.9. The molecule has 300 valence electrons. The average Bonchev–Trinajstić information content (AvgIpc) is 3.26. The topological polar surface area (TPSA) is 120 Å². The van der Waals surface area contributed by atoms with Crippen molar-refractivity contribution in [3.05, 3.63) is 179 Å². The summed E-state index contributed by atoms with van der Waals surface area (Å²) in [5.41, 5.74) is 4.52. The number of hydrogen-bond donors (Lipinski definition) is 1. The number of rotatable bonds is 21. The third-order valence-corrected chi connectivity index (χ3v) is 11.1. The molecule has 0 bridgehead atoms. The third kappa shape index (κ3) is 13.5. The van der Waals surface area contributed by atoms with E-state index >= 15 is 0 Å². The van der Waals surface area contributed by atoms with Gasteiger partial charge in [0.05, 0.1) is 39.2 Å². The summed E-state index contributed by atoms with van der Waals surface area (Å²) < 4.78 is 64.5. The van der Waals surface area contributed by atoms with Crippen molar-refractivity contribution in [3.8, 4) is 0 Å². The van der Waals surface area contributed by atoms with E-state index < -0.39 is 44.4 Å². The zero-order chi connectivity index (χ0) is 39.5. The van der Waals surface area contributed by atoms with Crippen LogP contribution >= 0.6 is 7.60 Å². The highest BCUT2D eigenvalue weighted by molar-refractivity contribution is 7.53. The maximum absolute atomic E-state index is 14.5. The molecule has 1 heterocycles. The maximum Gasteiger partial charge on any atom is 0.407 e. The normalized spacial score (nSPS) is 20.3. The van der Waals surface area contributed by atoms with Gasteiger partial charge >= 0.3 is 13.7 Å². The first kappa shape index (κ1) is 41.9. The van der Waals surface area contributed by atoms with Gasteiger partial charge in [-0.05, 0) is 27.8 Å². The first-order chi connectivity index (χ1) is 28.0. The van der Waals surface area contributed by atoms with Gasteiger partial charge in [0.15, 0.2) is 6.29 Å². The van der Waals surface area contributed by atoms with E-state index in [9.17, 15) is 9.36 Å². The summed E-state index contributed by atoms with van der Waals surface area (Å²) in [6.07, 6.45) is -4.72. The molecule has 1 unspecified atom stereocenters. The Morgan fingerprint density at radius 2 is 0.982 bits per heavy atom. The number of nitrogens with one attached hydrogen (secondary N) is 1. The van der Waals surface area contributed by atoms with Crippen molar-refractivity contribution >= 4 is 13.7 Å². The van der Waals surface area contributed by atoms with Crippen LogP contribution in [0.2, 0.25) is 0 Å². The standard InChI is InChI=1S/C45H50NO10P/c1-49-44-43(52-31-37-21-11-4-12-22-37)42(51-30-36-19-9-3-10-20-36)41(50-29-35-17-7-2-8-18-35)40(56-44)34-55-57(48,54-33-39-25-15-6-16-26-39)28-27-46-45(47)53-32-38-23-13-5-14-24-38/h2-26,40-44H,27-34H2,1H3,(H,46,47)/t40-,41-,42+,43-,44-,57?/m1/s1. The molecule has 1 saturated heterocycles. The van der Waals surface area contributed by atoms with E-state index in [0.29, 0.717) is 0 Å². The van der Waals surface area contributed by atoms with Crippen LogP contribution in [0.5, 0.6) is 0 Å². The van der Waals surface area contributed by atoms with E-state index in [1.165, 1.54) is 7.11 Å². The van der Waals surface area contributed by atoms with Crippen LogP contribution in [0.15, 0.2) is 152 Å². The molecule has 1 aliphatic rings. The van der Waals surface area contributed by atoms with Crippen LogP contribution in [0.1, 0.15) is 27.8 Å². The quantitative estimate of drug-likeness (QED) is 0.0725. The van der Waals surface area contributed by atoms with E-state index in [0.717, 1.165) is 27.8 Å². The molecule has 5 aromatic carbocycles. The number of alkyl carbamates (subject to hydrolysis) is 1. The molecule has 1 aliphatic heterocycles. The molecular formula is C45H50NO10P. The molecule has 6 atom stereocenters. The molecule has 0 aliphatic carbocycles. The minimum absolute atomic E-state index is 0.0228. The molecule has 1 N–H and O–H groups in total. The number of methoxy groups -OCH3 is 1. The van der Waals surface area contributed by atoms with Gasteiger partial charge in [-0.25, -0.2) is 4.79 Å². The molecule has 0 radical (unpaired) electrons. The second-order valence-electron chi connectivity index (χ2n) is 13.4. The number of hydrogen-bond acceptors (Lipinski definition) is 10. The van der Waals surface area contributed by atoms with Crippen LogP contribution in [-0.4, -0.2) is 63.2 Å². The zero-order valence-electron chi connectivity index (χ0n) is 32.0. The van der Waals surface area contributed by atoms with Crippen LogP contribution < -0.4 is 5.32 Å². The molecule has 1 amide bonds. The fraction of sp³-hybridized carbons (Fsp3) is 0.311. The lowest BCUT2D eigenvalue weighted by Crippen LogP contribution is -2.61. The predicted molar refractivity (Wildman–Crippen MR) is 215 cm³/mol. The predicted octanol–water partition coefficient (Wildman–Crippen LogP) is 8.47. The summed E-state index contributed by atoms with van der Waals surface area (Å²) in [7, 11) is -2.35. The lowest BCUT2D eigenvalue weighted by molar-refractivity contribution is -0.320. The number of benzene rings is 5. The lowest BCUT2D eigenvalue weighted by atomic mass is 9.98. The van der Waals surface area contributed by atoms with Gasteiger partial charge < -0.3 is 42.8 Å². The molecule has 11 nitrogen and oxygen atoms in total. The largest absolute Gasteiger partial charge is 0.445 e. The molecule has 0 aromatic heterocycles. The van der Waals surface area contributed by atoms with Gasteiger partial charge in [0.1, 0.15) is 31.0 Å². The highest BCUT2D eigenvalue weighted by atomic mass is 31.2. The molecule has 6 rings (SSSR count). The molecule has 0 saturated carbocycles. The number of carbonyl (C=O) groups is 1. The van der Waals surface area contributed by atoms with E-state index in [1.54, 1.807) is 0 Å². The van der Waals surface area contributed by atoms with Gasteiger partial charge in [0, 0.05) is 13.7 Å². The number of carbonyl (C=O) groups excluding carboxylic acids is 1. The van der Waals surface area contributed by atoms with Gasteiger partial charge in [-0.15, -0.1) is 0 Å². The van der Waals surface area contributed by atoms with E-state index in [4.69, 9.17) is 37.5 Å². The van der Waals surface area contributed by atoms with Gasteiger partial charge in [-0.1, -0.05) is 152 Å². The monoisotopic (exact) mass is 795 g/mol. The maximum atomic E-state index is 14.5. The Morgan fingerprint density at radius 3 is 1.46 bits per heavy atom. The summed E-state index contributed by atoms with van der Waals surface area (Å²) >= 11 is 0. The molecule has 1 fully saturated rings. The third-order valence-electron chi connectivity index (χ3n) is 9.25. The molecule has 57 heavy (non-hydrogen) atoms. The number of ether oxygens (including phenoxy) is 6. The Kier molecular flexibility index (Phi) is 16.4. The van der Waals surface area contributed by atoms with Crippen LogP contribution in [-0.2, 0) is 75.1 Å².